The number of hydrogen-bond acceptors (Lipinski definition) is 3. The van der Waals surface area contributed by atoms with Gasteiger partial charge in [0.05, 0.1) is 24.4 Å². The lowest BCUT2D eigenvalue weighted by Crippen LogP contribution is -2.21. The van der Waals surface area contributed by atoms with Crippen LogP contribution in [0, 0.1) is 11.8 Å². The van der Waals surface area contributed by atoms with Crippen LogP contribution >= 0.6 is 0 Å². The van der Waals surface area contributed by atoms with E-state index < -0.39 is 0 Å². The summed E-state index contributed by atoms with van der Waals surface area (Å²) < 4.78 is 9.47. The van der Waals surface area contributed by atoms with Gasteiger partial charge in [-0.05, 0) is 61.1 Å². The molecule has 0 atom stereocenters. The Bertz CT molecular complexity index is 1290. The van der Waals surface area contributed by atoms with E-state index >= 15 is 0 Å². The molecule has 0 aliphatic heterocycles. The van der Waals surface area contributed by atoms with Gasteiger partial charge in [0.1, 0.15) is 5.75 Å². The van der Waals surface area contributed by atoms with Crippen molar-refractivity contribution in [2.24, 2.45) is 11.8 Å². The zero-order valence-electron chi connectivity index (χ0n) is 18.4. The van der Waals surface area contributed by atoms with E-state index in [0.29, 0.717) is 17.2 Å². The van der Waals surface area contributed by atoms with Crippen molar-refractivity contribution in [2.45, 2.75) is 45.6 Å². The highest BCUT2D eigenvalue weighted by Gasteiger charge is 2.25. The van der Waals surface area contributed by atoms with Gasteiger partial charge in [0.25, 0.3) is 5.56 Å². The van der Waals surface area contributed by atoms with Crippen molar-refractivity contribution >= 4 is 21.7 Å². The maximum atomic E-state index is 13.2. The molecule has 1 fully saturated rings. The Hall–Kier alpha value is -3.08. The lowest BCUT2D eigenvalue weighted by atomic mass is 9.80. The second kappa shape index (κ2) is 7.88. The van der Waals surface area contributed by atoms with Gasteiger partial charge < -0.3 is 4.74 Å². The summed E-state index contributed by atoms with van der Waals surface area (Å²) in [4.78, 5) is 13.2. The monoisotopic (exact) mass is 415 g/mol. The highest BCUT2D eigenvalue weighted by atomic mass is 16.5. The fraction of sp³-hybridized carbons (Fsp3) is 0.385. The van der Waals surface area contributed by atoms with Crippen molar-refractivity contribution < 1.29 is 4.74 Å². The standard InChI is InChI=1S/C26H29N3O2/c1-17(2)18-8-10-21(11-9-18)29-16-20-14-24(25(31-3)15-23(20)27-29)28-13-12-19-6-4-5-7-22(19)26(28)30/h4-7,12-18,21H,8-11H2,1-3H3/t18-,21-. The molecule has 31 heavy (non-hydrogen) atoms. The van der Waals surface area contributed by atoms with Crippen LogP contribution in [0.3, 0.4) is 0 Å². The molecule has 0 radical (unpaired) electrons. The van der Waals surface area contributed by atoms with Gasteiger partial charge in [-0.15, -0.1) is 0 Å². The van der Waals surface area contributed by atoms with Gasteiger partial charge in [-0.3, -0.25) is 14.0 Å². The third-order valence-corrected chi connectivity index (χ3v) is 6.95. The van der Waals surface area contributed by atoms with Gasteiger partial charge >= 0.3 is 0 Å². The molecule has 5 rings (SSSR count). The van der Waals surface area contributed by atoms with Crippen LogP contribution in [-0.4, -0.2) is 21.5 Å². The summed E-state index contributed by atoms with van der Waals surface area (Å²) in [5.74, 6) is 2.23. The van der Waals surface area contributed by atoms with Crippen molar-refractivity contribution in [1.29, 1.82) is 0 Å². The number of aromatic nitrogens is 3. The molecule has 0 bridgehead atoms. The fourth-order valence-electron chi connectivity index (χ4n) is 5.01. The number of hydrogen-bond donors (Lipinski definition) is 0. The van der Waals surface area contributed by atoms with Crippen molar-refractivity contribution in [3.63, 3.8) is 0 Å². The molecule has 2 aromatic heterocycles. The number of ether oxygens (including phenoxy) is 1. The van der Waals surface area contributed by atoms with Crippen LogP contribution in [0.25, 0.3) is 27.4 Å². The Labute approximate surface area is 182 Å². The number of fused-ring (bicyclic) bond motifs is 2. The lowest BCUT2D eigenvalue weighted by Gasteiger charge is -2.30. The van der Waals surface area contributed by atoms with Gasteiger partial charge in [0, 0.05) is 29.2 Å². The topological polar surface area (TPSA) is 49.0 Å². The summed E-state index contributed by atoms with van der Waals surface area (Å²) in [7, 11) is 1.64. The molecule has 0 spiro atoms. The fourth-order valence-corrected chi connectivity index (χ4v) is 5.01. The van der Waals surface area contributed by atoms with E-state index in [9.17, 15) is 4.79 Å². The molecule has 4 aromatic rings. The molecule has 5 nitrogen and oxygen atoms in total. The van der Waals surface area contributed by atoms with E-state index in [2.05, 4.69) is 24.7 Å². The van der Waals surface area contributed by atoms with Crippen LogP contribution in [0.15, 0.2) is 59.7 Å². The Morgan fingerprint density at radius 3 is 2.55 bits per heavy atom. The molecule has 1 aliphatic carbocycles. The number of methoxy groups -OCH3 is 1. The molecular weight excluding hydrogens is 386 g/mol. The van der Waals surface area contributed by atoms with Gasteiger partial charge in [-0.1, -0.05) is 32.0 Å². The first-order valence-electron chi connectivity index (χ1n) is 11.2. The number of rotatable bonds is 4. The molecule has 0 amide bonds. The van der Waals surface area contributed by atoms with Gasteiger partial charge in [-0.2, -0.15) is 5.10 Å². The predicted molar refractivity (Wildman–Crippen MR) is 125 cm³/mol. The minimum absolute atomic E-state index is 0.0462. The first-order valence-corrected chi connectivity index (χ1v) is 11.2. The molecule has 0 unspecified atom stereocenters. The van der Waals surface area contributed by atoms with E-state index in [1.807, 2.05) is 48.7 Å². The Kier molecular flexibility index (Phi) is 5.05. The van der Waals surface area contributed by atoms with Gasteiger partial charge in [0.15, 0.2) is 0 Å². The van der Waals surface area contributed by atoms with Crippen molar-refractivity contribution in [3.8, 4) is 11.4 Å². The van der Waals surface area contributed by atoms with Gasteiger partial charge in [-0.25, -0.2) is 0 Å². The van der Waals surface area contributed by atoms with Crippen LogP contribution in [0.5, 0.6) is 5.75 Å². The lowest BCUT2D eigenvalue weighted by molar-refractivity contribution is 0.217. The summed E-state index contributed by atoms with van der Waals surface area (Å²) in [6, 6.07) is 14.0. The average Bonchev–Trinajstić information content (AvgIpc) is 3.22. The number of pyridine rings is 1. The Balaban J connectivity index is 1.55. The molecular formula is C26H29N3O2. The van der Waals surface area contributed by atoms with Crippen LogP contribution in [0.1, 0.15) is 45.6 Å². The molecule has 1 saturated carbocycles. The molecule has 0 saturated heterocycles. The third-order valence-electron chi connectivity index (χ3n) is 6.95. The molecule has 2 aromatic carbocycles. The molecule has 5 heteroatoms. The van der Waals surface area contributed by atoms with E-state index in [-0.39, 0.29) is 5.56 Å². The van der Waals surface area contributed by atoms with E-state index in [1.165, 1.54) is 25.7 Å². The SMILES string of the molecule is COc1cc2nn([C@H]3CC[C@H](C(C)C)CC3)cc2cc1-n1ccc2ccccc2c1=O. The van der Waals surface area contributed by atoms with Crippen LogP contribution in [0.4, 0.5) is 0 Å². The Morgan fingerprint density at radius 2 is 1.81 bits per heavy atom. The third kappa shape index (κ3) is 3.52. The first kappa shape index (κ1) is 19.9. The van der Waals surface area contributed by atoms with Crippen molar-refractivity contribution in [2.75, 3.05) is 7.11 Å². The maximum absolute atomic E-state index is 13.2. The quantitative estimate of drug-likeness (QED) is 0.427. The zero-order valence-corrected chi connectivity index (χ0v) is 18.4. The normalized spacial score (nSPS) is 19.4. The van der Waals surface area contributed by atoms with Crippen molar-refractivity contribution in [1.82, 2.24) is 14.3 Å². The summed E-state index contributed by atoms with van der Waals surface area (Å²) in [6.45, 7) is 4.66. The average molecular weight is 416 g/mol. The number of nitrogens with zero attached hydrogens (tertiary/aromatic N) is 3. The molecule has 2 heterocycles. The second-order valence-corrected chi connectivity index (χ2v) is 9.08. The molecule has 0 N–H and O–H groups in total. The summed E-state index contributed by atoms with van der Waals surface area (Å²) in [6.07, 6.45) is 8.83. The van der Waals surface area contributed by atoms with Crippen LogP contribution in [-0.2, 0) is 0 Å². The van der Waals surface area contributed by atoms with E-state index in [0.717, 1.165) is 33.8 Å². The zero-order chi connectivity index (χ0) is 21.5. The summed E-state index contributed by atoms with van der Waals surface area (Å²) in [5, 5.41) is 7.54. The maximum Gasteiger partial charge on any atom is 0.263 e. The summed E-state index contributed by atoms with van der Waals surface area (Å²) >= 11 is 0. The smallest absolute Gasteiger partial charge is 0.263 e. The minimum atomic E-state index is -0.0462. The molecule has 1 aliphatic rings. The van der Waals surface area contributed by atoms with Crippen LogP contribution in [0.2, 0.25) is 0 Å². The Morgan fingerprint density at radius 1 is 1.03 bits per heavy atom. The highest BCUT2D eigenvalue weighted by molar-refractivity contribution is 5.85. The van der Waals surface area contributed by atoms with E-state index in [1.54, 1.807) is 11.7 Å². The predicted octanol–water partition coefficient (Wildman–Crippen LogP) is 5.74. The van der Waals surface area contributed by atoms with Crippen molar-refractivity contribution in [3.05, 3.63) is 65.2 Å². The van der Waals surface area contributed by atoms with E-state index in [4.69, 9.17) is 9.84 Å². The second-order valence-electron chi connectivity index (χ2n) is 9.08. The largest absolute Gasteiger partial charge is 0.494 e. The highest BCUT2D eigenvalue weighted by Crippen LogP contribution is 2.37. The minimum Gasteiger partial charge on any atom is -0.494 e. The van der Waals surface area contributed by atoms with Crippen LogP contribution < -0.4 is 10.3 Å². The summed E-state index contributed by atoms with van der Waals surface area (Å²) in [5.41, 5.74) is 1.60. The molecule has 160 valence electrons. The number of benzene rings is 2. The van der Waals surface area contributed by atoms with Gasteiger partial charge in [0.2, 0.25) is 0 Å². The first-order chi connectivity index (χ1) is 15.0.